The van der Waals surface area contributed by atoms with Crippen LogP contribution in [-0.2, 0) is 4.74 Å². The summed E-state index contributed by atoms with van der Waals surface area (Å²) in [6, 6.07) is 6.70. The molecule has 0 aliphatic carbocycles. The third-order valence-corrected chi connectivity index (χ3v) is 5.01. The number of urea groups is 1. The van der Waals surface area contributed by atoms with Crippen molar-refractivity contribution in [3.63, 3.8) is 0 Å². The Hall–Kier alpha value is -2.65. The number of rotatable bonds is 3. The van der Waals surface area contributed by atoms with E-state index in [4.69, 9.17) is 4.74 Å². The maximum Gasteiger partial charge on any atom is 0.321 e. The van der Waals surface area contributed by atoms with Crippen LogP contribution < -0.4 is 10.6 Å². The number of nitrogens with zero attached hydrogens (tertiary/aromatic N) is 3. The number of hydrogen-bond acceptors (Lipinski definition) is 6. The van der Waals surface area contributed by atoms with Gasteiger partial charge in [-0.3, -0.25) is 5.32 Å². The van der Waals surface area contributed by atoms with Gasteiger partial charge in [0.1, 0.15) is 6.17 Å². The maximum absolute atomic E-state index is 13.5. The maximum atomic E-state index is 13.5. The lowest BCUT2D eigenvalue weighted by Crippen LogP contribution is -2.43. The number of hydrogen-bond donors (Lipinski definition) is 2. The Morgan fingerprint density at radius 2 is 2.19 bits per heavy atom. The number of carbonyl (C=O) groups excluding carboxylic acids is 1. The van der Waals surface area contributed by atoms with E-state index in [1.165, 1.54) is 11.3 Å². The Morgan fingerprint density at radius 1 is 1.31 bits per heavy atom. The summed E-state index contributed by atoms with van der Waals surface area (Å²) in [5.74, 6) is 0. The minimum absolute atomic E-state index is 0.0121. The fourth-order valence-electron chi connectivity index (χ4n) is 2.73. The molecule has 2 N–H and O–H groups in total. The minimum Gasteiger partial charge on any atom is -0.376 e. The Morgan fingerprint density at radius 3 is 3.00 bits per heavy atom. The van der Waals surface area contributed by atoms with Crippen molar-refractivity contribution in [2.45, 2.75) is 19.1 Å². The second-order valence-electron chi connectivity index (χ2n) is 6.05. The number of benzene rings is 1. The molecular weight excluding hydrogens is 357 g/mol. The molecular formula is C17H16FN5O2S. The van der Waals surface area contributed by atoms with Crippen molar-refractivity contribution < 1.29 is 13.9 Å². The molecule has 2 amide bonds. The number of aryl methyl sites for hydroxylation is 1. The van der Waals surface area contributed by atoms with Crippen LogP contribution in [0.2, 0.25) is 0 Å². The SMILES string of the molecule is Cc1cc2cc(-c3cnc(NC(=O)N[C@@H]4COC[C@@H]4F)s3)ccc2nn1. The standard InChI is InChI=1S/C17H16FN5O2S/c1-9-4-11-5-10(2-3-13(11)23-22-9)15-6-19-17(26-15)21-16(24)20-14-8-25-7-12(14)18/h2-6,12,14H,7-8H2,1H3,(H2,19,20,21,24)/t12-,14+/m0/s1. The van der Waals surface area contributed by atoms with E-state index in [0.717, 1.165) is 27.0 Å². The highest BCUT2D eigenvalue weighted by Gasteiger charge is 2.29. The predicted molar refractivity (Wildman–Crippen MR) is 97.0 cm³/mol. The lowest BCUT2D eigenvalue weighted by Gasteiger charge is -2.12. The molecule has 7 nitrogen and oxygen atoms in total. The summed E-state index contributed by atoms with van der Waals surface area (Å²) < 4.78 is 18.5. The molecule has 3 aromatic rings. The van der Waals surface area contributed by atoms with E-state index in [-0.39, 0.29) is 13.2 Å². The van der Waals surface area contributed by atoms with Crippen molar-refractivity contribution in [2.24, 2.45) is 0 Å². The fourth-order valence-corrected chi connectivity index (χ4v) is 3.54. The summed E-state index contributed by atoms with van der Waals surface area (Å²) in [4.78, 5) is 17.1. The molecule has 2 aromatic heterocycles. The van der Waals surface area contributed by atoms with Crippen molar-refractivity contribution in [3.8, 4) is 10.4 Å². The molecule has 26 heavy (non-hydrogen) atoms. The molecule has 1 fully saturated rings. The molecule has 1 saturated heterocycles. The molecule has 0 spiro atoms. The molecule has 3 heterocycles. The Kier molecular flexibility index (Phi) is 4.48. The molecule has 1 aromatic carbocycles. The van der Waals surface area contributed by atoms with Crippen LogP contribution in [0.4, 0.5) is 14.3 Å². The van der Waals surface area contributed by atoms with E-state index in [2.05, 4.69) is 25.8 Å². The van der Waals surface area contributed by atoms with Crippen LogP contribution in [0, 0.1) is 6.92 Å². The number of amides is 2. The molecule has 0 saturated carbocycles. The first-order valence-electron chi connectivity index (χ1n) is 8.08. The number of ether oxygens (including phenoxy) is 1. The van der Waals surface area contributed by atoms with Crippen molar-refractivity contribution in [1.29, 1.82) is 0 Å². The first-order chi connectivity index (χ1) is 12.6. The quantitative estimate of drug-likeness (QED) is 0.737. The van der Waals surface area contributed by atoms with Gasteiger partial charge in [-0.05, 0) is 30.7 Å². The molecule has 1 aliphatic heterocycles. The summed E-state index contributed by atoms with van der Waals surface area (Å²) >= 11 is 1.34. The number of carbonyl (C=O) groups is 1. The summed E-state index contributed by atoms with van der Waals surface area (Å²) in [5.41, 5.74) is 2.64. The molecule has 4 rings (SSSR count). The molecule has 9 heteroatoms. The van der Waals surface area contributed by atoms with Gasteiger partial charge in [0.05, 0.1) is 35.3 Å². The van der Waals surface area contributed by atoms with Gasteiger partial charge in [-0.1, -0.05) is 17.4 Å². The smallest absolute Gasteiger partial charge is 0.321 e. The van der Waals surface area contributed by atoms with Crippen LogP contribution in [0.1, 0.15) is 5.69 Å². The number of halogens is 1. The van der Waals surface area contributed by atoms with Crippen LogP contribution in [0.25, 0.3) is 21.3 Å². The van der Waals surface area contributed by atoms with Gasteiger partial charge < -0.3 is 10.1 Å². The van der Waals surface area contributed by atoms with Gasteiger partial charge >= 0.3 is 6.03 Å². The highest BCUT2D eigenvalue weighted by Crippen LogP contribution is 2.30. The van der Waals surface area contributed by atoms with Gasteiger partial charge in [0.25, 0.3) is 0 Å². The fraction of sp³-hybridized carbons (Fsp3) is 0.294. The summed E-state index contributed by atoms with van der Waals surface area (Å²) in [5, 5.41) is 14.8. The van der Waals surface area contributed by atoms with Crippen molar-refractivity contribution in [3.05, 3.63) is 36.2 Å². The first-order valence-corrected chi connectivity index (χ1v) is 8.90. The summed E-state index contributed by atoms with van der Waals surface area (Å²) in [7, 11) is 0. The average molecular weight is 373 g/mol. The highest BCUT2D eigenvalue weighted by molar-refractivity contribution is 7.19. The number of anilines is 1. The predicted octanol–water partition coefficient (Wildman–Crippen LogP) is 2.92. The molecule has 0 radical (unpaired) electrons. The normalized spacial score (nSPS) is 19.6. The van der Waals surface area contributed by atoms with Gasteiger partial charge in [-0.15, -0.1) is 0 Å². The van der Waals surface area contributed by atoms with Crippen molar-refractivity contribution in [1.82, 2.24) is 20.5 Å². The van der Waals surface area contributed by atoms with Crippen LogP contribution >= 0.6 is 11.3 Å². The van der Waals surface area contributed by atoms with E-state index in [0.29, 0.717) is 5.13 Å². The molecule has 0 bridgehead atoms. The van der Waals surface area contributed by atoms with Crippen molar-refractivity contribution >= 4 is 33.4 Å². The average Bonchev–Trinajstić information content (AvgIpc) is 3.24. The van der Waals surface area contributed by atoms with E-state index in [1.807, 2.05) is 31.2 Å². The zero-order valence-corrected chi connectivity index (χ0v) is 14.7. The number of nitrogens with one attached hydrogen (secondary N) is 2. The monoisotopic (exact) mass is 373 g/mol. The van der Waals surface area contributed by atoms with Crippen LogP contribution in [-0.4, -0.2) is 46.6 Å². The second-order valence-corrected chi connectivity index (χ2v) is 7.08. The number of aromatic nitrogens is 3. The topological polar surface area (TPSA) is 89.0 Å². The lowest BCUT2D eigenvalue weighted by atomic mass is 10.1. The third-order valence-electron chi connectivity index (χ3n) is 4.05. The Balaban J connectivity index is 1.48. The lowest BCUT2D eigenvalue weighted by molar-refractivity contribution is 0.172. The molecule has 2 atom stereocenters. The van der Waals surface area contributed by atoms with Crippen LogP contribution in [0.5, 0.6) is 0 Å². The van der Waals surface area contributed by atoms with Gasteiger partial charge in [0, 0.05) is 11.6 Å². The zero-order valence-electron chi connectivity index (χ0n) is 13.9. The molecule has 134 valence electrons. The number of thiazole rings is 1. The molecule has 0 unspecified atom stereocenters. The Labute approximate surface area is 152 Å². The van der Waals surface area contributed by atoms with E-state index >= 15 is 0 Å². The Bertz CT molecular complexity index is 963. The van der Waals surface area contributed by atoms with E-state index < -0.39 is 18.2 Å². The van der Waals surface area contributed by atoms with E-state index in [1.54, 1.807) is 6.20 Å². The molecule has 1 aliphatic rings. The van der Waals surface area contributed by atoms with Gasteiger partial charge in [0.2, 0.25) is 0 Å². The van der Waals surface area contributed by atoms with Crippen LogP contribution in [0.3, 0.4) is 0 Å². The minimum atomic E-state index is -1.18. The van der Waals surface area contributed by atoms with Gasteiger partial charge in [0.15, 0.2) is 5.13 Å². The first kappa shape index (κ1) is 16.8. The van der Waals surface area contributed by atoms with Gasteiger partial charge in [-0.25, -0.2) is 14.2 Å². The van der Waals surface area contributed by atoms with Crippen molar-refractivity contribution in [2.75, 3.05) is 18.5 Å². The summed E-state index contributed by atoms with van der Waals surface area (Å²) in [6.45, 7) is 2.08. The third kappa shape index (κ3) is 3.49. The second kappa shape index (κ2) is 6.93. The number of alkyl halides is 1. The van der Waals surface area contributed by atoms with Crippen LogP contribution in [0.15, 0.2) is 30.5 Å². The largest absolute Gasteiger partial charge is 0.376 e. The van der Waals surface area contributed by atoms with E-state index in [9.17, 15) is 9.18 Å². The van der Waals surface area contributed by atoms with Gasteiger partial charge in [-0.2, -0.15) is 10.2 Å². The zero-order chi connectivity index (χ0) is 18.1. The number of fused-ring (bicyclic) bond motifs is 1. The highest BCUT2D eigenvalue weighted by atomic mass is 32.1. The summed E-state index contributed by atoms with van der Waals surface area (Å²) in [6.07, 6.45) is 0.510.